The van der Waals surface area contributed by atoms with Gasteiger partial charge in [-0.1, -0.05) is 29.0 Å². The van der Waals surface area contributed by atoms with Crippen LogP contribution in [0.1, 0.15) is 4.88 Å². The third kappa shape index (κ3) is 2.71. The molecule has 0 aliphatic rings. The maximum atomic E-state index is 6.00. The van der Waals surface area contributed by atoms with E-state index in [-0.39, 0.29) is 0 Å². The van der Waals surface area contributed by atoms with Gasteiger partial charge in [-0.05, 0) is 12.1 Å². The second-order valence-corrected chi connectivity index (χ2v) is 5.29. The van der Waals surface area contributed by atoms with Gasteiger partial charge in [0.05, 0.1) is 17.9 Å². The van der Waals surface area contributed by atoms with Crippen LogP contribution < -0.4 is 9.64 Å². The lowest BCUT2D eigenvalue weighted by Crippen LogP contribution is -2.08. The third-order valence-electron chi connectivity index (χ3n) is 2.49. The SMILES string of the molecule is COc1cccc(N(C)c2nc(Cl)c(CCl)s2)c1. The molecular weight excluding hydrogens is 291 g/mol. The molecule has 6 heteroatoms. The second-order valence-electron chi connectivity index (χ2n) is 3.60. The Hall–Kier alpha value is -0.970. The van der Waals surface area contributed by atoms with Gasteiger partial charge in [0.2, 0.25) is 0 Å². The molecule has 2 rings (SSSR count). The van der Waals surface area contributed by atoms with Gasteiger partial charge in [0.25, 0.3) is 0 Å². The van der Waals surface area contributed by atoms with E-state index in [9.17, 15) is 0 Å². The van der Waals surface area contributed by atoms with Gasteiger partial charge in [0.15, 0.2) is 5.13 Å². The molecule has 0 saturated heterocycles. The monoisotopic (exact) mass is 302 g/mol. The van der Waals surface area contributed by atoms with E-state index in [2.05, 4.69) is 4.98 Å². The summed E-state index contributed by atoms with van der Waals surface area (Å²) >= 11 is 13.3. The number of benzene rings is 1. The van der Waals surface area contributed by atoms with E-state index >= 15 is 0 Å². The Morgan fingerprint density at radius 1 is 1.44 bits per heavy atom. The fourth-order valence-corrected chi connectivity index (χ4v) is 2.93. The van der Waals surface area contributed by atoms with E-state index < -0.39 is 0 Å². The molecule has 0 radical (unpaired) electrons. The van der Waals surface area contributed by atoms with Gasteiger partial charge >= 0.3 is 0 Å². The number of alkyl halides is 1. The van der Waals surface area contributed by atoms with Crippen LogP contribution in [0.4, 0.5) is 10.8 Å². The highest BCUT2D eigenvalue weighted by atomic mass is 35.5. The molecule has 1 heterocycles. The molecule has 0 aliphatic carbocycles. The number of aromatic nitrogens is 1. The Labute approximate surface area is 120 Å². The van der Waals surface area contributed by atoms with E-state index in [1.165, 1.54) is 11.3 Å². The van der Waals surface area contributed by atoms with E-state index in [0.717, 1.165) is 21.4 Å². The predicted octanol–water partition coefficient (Wildman–Crippen LogP) is 4.31. The number of halogens is 2. The molecule has 0 unspecified atom stereocenters. The smallest absolute Gasteiger partial charge is 0.191 e. The zero-order valence-electron chi connectivity index (χ0n) is 9.98. The summed E-state index contributed by atoms with van der Waals surface area (Å²) in [6, 6.07) is 7.76. The van der Waals surface area contributed by atoms with Crippen LogP contribution in [-0.2, 0) is 5.88 Å². The standard InChI is InChI=1S/C12H12Cl2N2OS/c1-16(8-4-3-5-9(6-8)17-2)12-15-11(14)10(7-13)18-12/h3-6H,7H2,1-2H3. The average molecular weight is 303 g/mol. The Morgan fingerprint density at radius 2 is 2.22 bits per heavy atom. The zero-order valence-corrected chi connectivity index (χ0v) is 12.3. The molecule has 96 valence electrons. The summed E-state index contributed by atoms with van der Waals surface area (Å²) in [4.78, 5) is 7.13. The normalized spacial score (nSPS) is 10.4. The van der Waals surface area contributed by atoms with Gasteiger partial charge in [-0.15, -0.1) is 11.6 Å². The highest BCUT2D eigenvalue weighted by molar-refractivity contribution is 7.16. The summed E-state index contributed by atoms with van der Waals surface area (Å²) in [5, 5.41) is 1.28. The van der Waals surface area contributed by atoms with Crippen molar-refractivity contribution in [2.24, 2.45) is 0 Å². The minimum atomic E-state index is 0.377. The topological polar surface area (TPSA) is 25.4 Å². The first-order valence-electron chi connectivity index (χ1n) is 5.24. The van der Waals surface area contributed by atoms with Gasteiger partial charge in [0, 0.05) is 18.8 Å². The number of hydrogen-bond acceptors (Lipinski definition) is 4. The molecule has 0 fully saturated rings. The molecule has 0 saturated carbocycles. The van der Waals surface area contributed by atoms with Crippen molar-refractivity contribution < 1.29 is 4.74 Å². The molecule has 0 amide bonds. The van der Waals surface area contributed by atoms with Crippen molar-refractivity contribution in [2.75, 3.05) is 19.1 Å². The van der Waals surface area contributed by atoms with Crippen LogP contribution in [0.2, 0.25) is 5.15 Å². The van der Waals surface area contributed by atoms with Gasteiger partial charge in [-0.2, -0.15) is 0 Å². The van der Waals surface area contributed by atoms with Crippen LogP contribution in [0.5, 0.6) is 5.75 Å². The fraction of sp³-hybridized carbons (Fsp3) is 0.250. The first-order chi connectivity index (χ1) is 8.65. The lowest BCUT2D eigenvalue weighted by atomic mass is 10.3. The maximum Gasteiger partial charge on any atom is 0.191 e. The summed E-state index contributed by atoms with van der Waals surface area (Å²) in [5.74, 6) is 1.18. The number of nitrogens with zero attached hydrogens (tertiary/aromatic N) is 2. The Morgan fingerprint density at radius 3 is 2.83 bits per heavy atom. The molecule has 1 aromatic carbocycles. The predicted molar refractivity (Wildman–Crippen MR) is 77.7 cm³/mol. The van der Waals surface area contributed by atoms with Crippen molar-refractivity contribution in [1.29, 1.82) is 0 Å². The van der Waals surface area contributed by atoms with E-state index in [4.69, 9.17) is 27.9 Å². The van der Waals surface area contributed by atoms with Gasteiger partial charge in [0.1, 0.15) is 10.9 Å². The van der Waals surface area contributed by atoms with E-state index in [1.54, 1.807) is 7.11 Å². The van der Waals surface area contributed by atoms with Crippen molar-refractivity contribution in [3.63, 3.8) is 0 Å². The lowest BCUT2D eigenvalue weighted by molar-refractivity contribution is 0.415. The average Bonchev–Trinajstić information content (AvgIpc) is 2.79. The van der Waals surface area contributed by atoms with Crippen LogP contribution in [0.15, 0.2) is 24.3 Å². The quantitative estimate of drug-likeness (QED) is 0.787. The van der Waals surface area contributed by atoms with Crippen LogP contribution in [0.25, 0.3) is 0 Å². The van der Waals surface area contributed by atoms with E-state index in [1.807, 2.05) is 36.2 Å². The molecule has 1 aromatic heterocycles. The Bertz CT molecular complexity index is 545. The minimum absolute atomic E-state index is 0.377. The molecule has 2 aromatic rings. The molecule has 0 bridgehead atoms. The summed E-state index contributed by atoms with van der Waals surface area (Å²) in [6.07, 6.45) is 0. The molecule has 3 nitrogen and oxygen atoms in total. The van der Waals surface area contributed by atoms with Gasteiger partial charge in [-0.25, -0.2) is 4.98 Å². The van der Waals surface area contributed by atoms with E-state index in [0.29, 0.717) is 11.0 Å². The number of thiazole rings is 1. The summed E-state index contributed by atoms with van der Waals surface area (Å²) in [5.41, 5.74) is 0.987. The second kappa shape index (κ2) is 5.78. The van der Waals surface area contributed by atoms with Crippen LogP contribution in [0.3, 0.4) is 0 Å². The van der Waals surface area contributed by atoms with Crippen molar-refractivity contribution in [3.8, 4) is 5.75 Å². The largest absolute Gasteiger partial charge is 0.497 e. The first-order valence-corrected chi connectivity index (χ1v) is 6.97. The number of methoxy groups -OCH3 is 1. The Balaban J connectivity index is 2.31. The summed E-state index contributed by atoms with van der Waals surface area (Å²) in [7, 11) is 3.58. The van der Waals surface area contributed by atoms with Crippen molar-refractivity contribution in [3.05, 3.63) is 34.3 Å². The van der Waals surface area contributed by atoms with Crippen LogP contribution in [-0.4, -0.2) is 19.1 Å². The van der Waals surface area contributed by atoms with Crippen LogP contribution >= 0.6 is 34.5 Å². The van der Waals surface area contributed by atoms with Gasteiger partial charge < -0.3 is 9.64 Å². The molecule has 18 heavy (non-hydrogen) atoms. The van der Waals surface area contributed by atoms with Gasteiger partial charge in [-0.3, -0.25) is 0 Å². The van der Waals surface area contributed by atoms with Crippen molar-refractivity contribution >= 4 is 45.4 Å². The zero-order chi connectivity index (χ0) is 13.1. The lowest BCUT2D eigenvalue weighted by Gasteiger charge is -2.16. The molecule has 0 N–H and O–H groups in total. The highest BCUT2D eigenvalue weighted by Gasteiger charge is 2.13. The number of ether oxygens (including phenoxy) is 1. The maximum absolute atomic E-state index is 6.00. The number of rotatable bonds is 4. The summed E-state index contributed by atoms with van der Waals surface area (Å²) < 4.78 is 5.20. The van der Waals surface area contributed by atoms with Crippen LogP contribution in [0, 0.1) is 0 Å². The first kappa shape index (κ1) is 13.5. The molecule has 0 atom stereocenters. The van der Waals surface area contributed by atoms with Crippen molar-refractivity contribution in [2.45, 2.75) is 5.88 Å². The number of anilines is 2. The molecule has 0 spiro atoms. The third-order valence-corrected chi connectivity index (χ3v) is 4.47. The fourth-order valence-electron chi connectivity index (χ4n) is 1.48. The molecule has 0 aliphatic heterocycles. The number of hydrogen-bond donors (Lipinski definition) is 0. The molecular formula is C12H12Cl2N2OS. The summed E-state index contributed by atoms with van der Waals surface area (Å²) in [6.45, 7) is 0. The minimum Gasteiger partial charge on any atom is -0.497 e. The van der Waals surface area contributed by atoms with Crippen molar-refractivity contribution in [1.82, 2.24) is 4.98 Å². The highest BCUT2D eigenvalue weighted by Crippen LogP contribution is 2.34. The Kier molecular flexibility index (Phi) is 4.32.